The monoisotopic (exact) mass is 412 g/mol. The molecule has 106 valence electrons. The van der Waals surface area contributed by atoms with Crippen LogP contribution in [-0.4, -0.2) is 25.7 Å². The summed E-state index contributed by atoms with van der Waals surface area (Å²) in [5.74, 6) is 0. The average molecular weight is 414 g/mol. The molecular formula is C11H14Br2N2O3S. The first-order valence-corrected chi connectivity index (χ1v) is 8.76. The van der Waals surface area contributed by atoms with Crippen molar-refractivity contribution in [3.05, 3.63) is 21.1 Å². The van der Waals surface area contributed by atoms with Crippen LogP contribution < -0.4 is 10.5 Å². The van der Waals surface area contributed by atoms with Gasteiger partial charge in [-0.25, -0.2) is 13.1 Å². The van der Waals surface area contributed by atoms with E-state index in [9.17, 15) is 13.5 Å². The minimum atomic E-state index is -3.73. The van der Waals surface area contributed by atoms with Gasteiger partial charge in [-0.05, 0) is 63.3 Å². The quantitative estimate of drug-likeness (QED) is 0.658. The number of nitrogen functional groups attached to an aromatic ring is 1. The second kappa shape index (κ2) is 5.33. The first-order valence-electron chi connectivity index (χ1n) is 5.69. The Bertz CT molecular complexity index is 571. The fourth-order valence-electron chi connectivity index (χ4n) is 2.07. The molecule has 1 aromatic carbocycles. The molecule has 1 fully saturated rings. The molecule has 0 spiro atoms. The molecule has 1 aliphatic rings. The summed E-state index contributed by atoms with van der Waals surface area (Å²) in [6.45, 7) is -0.198. The minimum absolute atomic E-state index is 0.0985. The van der Waals surface area contributed by atoms with Gasteiger partial charge in [0, 0.05) is 14.6 Å². The summed E-state index contributed by atoms with van der Waals surface area (Å²) in [5, 5.41) is 9.36. The van der Waals surface area contributed by atoms with Crippen LogP contribution in [0.2, 0.25) is 0 Å². The lowest BCUT2D eigenvalue weighted by Gasteiger charge is -2.40. The standard InChI is InChI=1S/C11H14Br2N2O3S/c12-8-4-7(14)5-9(13)10(8)19(17,18)15-11(6-16)2-1-3-11/h4-5,15-16H,1-3,6,14H2. The Hall–Kier alpha value is -0.150. The molecule has 0 radical (unpaired) electrons. The van der Waals surface area contributed by atoms with Gasteiger partial charge in [-0.1, -0.05) is 0 Å². The van der Waals surface area contributed by atoms with Gasteiger partial charge in [0.05, 0.1) is 12.1 Å². The van der Waals surface area contributed by atoms with Crippen LogP contribution in [0.25, 0.3) is 0 Å². The number of nitrogens with two attached hydrogens (primary N) is 1. The predicted octanol–water partition coefficient (Wildman–Crippen LogP) is 1.99. The molecule has 0 unspecified atom stereocenters. The van der Waals surface area contributed by atoms with Gasteiger partial charge in [0.2, 0.25) is 10.0 Å². The molecule has 4 N–H and O–H groups in total. The maximum atomic E-state index is 12.4. The Balaban J connectivity index is 2.40. The van der Waals surface area contributed by atoms with E-state index in [1.165, 1.54) is 12.1 Å². The molecule has 1 saturated carbocycles. The first-order chi connectivity index (χ1) is 8.80. The van der Waals surface area contributed by atoms with Gasteiger partial charge in [0.1, 0.15) is 4.90 Å². The van der Waals surface area contributed by atoms with Crippen molar-refractivity contribution in [1.29, 1.82) is 0 Å². The number of halogens is 2. The maximum absolute atomic E-state index is 12.4. The summed E-state index contributed by atoms with van der Waals surface area (Å²) >= 11 is 6.42. The van der Waals surface area contributed by atoms with E-state index in [2.05, 4.69) is 36.6 Å². The molecule has 2 rings (SSSR count). The first kappa shape index (κ1) is 15.2. The number of anilines is 1. The van der Waals surface area contributed by atoms with Crippen LogP contribution in [-0.2, 0) is 10.0 Å². The summed E-state index contributed by atoms with van der Waals surface area (Å²) in [6, 6.07) is 3.07. The number of hydrogen-bond acceptors (Lipinski definition) is 4. The molecule has 1 aromatic rings. The Morgan fingerprint density at radius 3 is 2.21 bits per heavy atom. The van der Waals surface area contributed by atoms with Crippen molar-refractivity contribution < 1.29 is 13.5 Å². The van der Waals surface area contributed by atoms with Gasteiger partial charge in [-0.15, -0.1) is 0 Å². The number of aliphatic hydroxyl groups is 1. The lowest BCUT2D eigenvalue weighted by Crippen LogP contribution is -2.56. The molecule has 8 heteroatoms. The largest absolute Gasteiger partial charge is 0.399 e. The average Bonchev–Trinajstić information content (AvgIpc) is 2.21. The van der Waals surface area contributed by atoms with Gasteiger partial charge in [0.25, 0.3) is 0 Å². The molecule has 1 aliphatic carbocycles. The fraction of sp³-hybridized carbons (Fsp3) is 0.455. The van der Waals surface area contributed by atoms with Crippen LogP contribution in [0.15, 0.2) is 26.0 Å². The minimum Gasteiger partial charge on any atom is -0.399 e. The lowest BCUT2D eigenvalue weighted by atomic mass is 9.78. The maximum Gasteiger partial charge on any atom is 0.243 e. The van der Waals surface area contributed by atoms with Crippen LogP contribution in [0.5, 0.6) is 0 Å². The third kappa shape index (κ3) is 2.97. The summed E-state index contributed by atoms with van der Waals surface area (Å²) in [6.07, 6.45) is 2.20. The van der Waals surface area contributed by atoms with Crippen LogP contribution in [0.4, 0.5) is 5.69 Å². The second-order valence-electron chi connectivity index (χ2n) is 4.71. The van der Waals surface area contributed by atoms with E-state index in [1.54, 1.807) is 0 Å². The third-order valence-corrected chi connectivity index (χ3v) is 6.71. The van der Waals surface area contributed by atoms with Gasteiger partial charge < -0.3 is 10.8 Å². The summed E-state index contributed by atoms with van der Waals surface area (Å²) in [4.78, 5) is 0.0985. The molecule has 5 nitrogen and oxygen atoms in total. The van der Waals surface area contributed by atoms with Gasteiger partial charge >= 0.3 is 0 Å². The highest BCUT2D eigenvalue weighted by Crippen LogP contribution is 2.36. The number of rotatable bonds is 4. The van der Waals surface area contributed by atoms with Crippen molar-refractivity contribution in [1.82, 2.24) is 4.72 Å². The van der Waals surface area contributed by atoms with E-state index in [1.807, 2.05) is 0 Å². The predicted molar refractivity (Wildman–Crippen MR) is 80.2 cm³/mol. The number of benzene rings is 1. The van der Waals surface area contributed by atoms with E-state index in [0.29, 0.717) is 27.5 Å². The van der Waals surface area contributed by atoms with Crippen LogP contribution >= 0.6 is 31.9 Å². The normalized spacial score (nSPS) is 18.1. The highest BCUT2D eigenvalue weighted by molar-refractivity contribution is 9.11. The van der Waals surface area contributed by atoms with Crippen molar-refractivity contribution >= 4 is 47.6 Å². The van der Waals surface area contributed by atoms with Crippen molar-refractivity contribution in [2.24, 2.45) is 0 Å². The van der Waals surface area contributed by atoms with Crippen molar-refractivity contribution in [3.63, 3.8) is 0 Å². The molecule has 0 heterocycles. The van der Waals surface area contributed by atoms with E-state index >= 15 is 0 Å². The highest BCUT2D eigenvalue weighted by atomic mass is 79.9. The van der Waals surface area contributed by atoms with Crippen molar-refractivity contribution in [3.8, 4) is 0 Å². The number of hydrogen-bond donors (Lipinski definition) is 3. The molecule has 19 heavy (non-hydrogen) atoms. The topological polar surface area (TPSA) is 92.4 Å². The summed E-state index contributed by atoms with van der Waals surface area (Å²) in [7, 11) is -3.73. The zero-order valence-corrected chi connectivity index (χ0v) is 14.0. The third-order valence-electron chi connectivity index (χ3n) is 3.25. The molecule has 0 aliphatic heterocycles. The van der Waals surface area contributed by atoms with E-state index < -0.39 is 15.6 Å². The number of aliphatic hydroxyl groups excluding tert-OH is 1. The molecule has 0 aromatic heterocycles. The SMILES string of the molecule is Nc1cc(Br)c(S(=O)(=O)NC2(CO)CCC2)c(Br)c1. The number of sulfonamides is 1. The summed E-state index contributed by atoms with van der Waals surface area (Å²) in [5.41, 5.74) is 5.38. The molecule has 0 atom stereocenters. The Labute approximate surface area is 128 Å². The van der Waals surface area contributed by atoms with Crippen molar-refractivity contribution in [2.45, 2.75) is 29.7 Å². The van der Waals surface area contributed by atoms with E-state index in [0.717, 1.165) is 6.42 Å². The van der Waals surface area contributed by atoms with E-state index in [-0.39, 0.29) is 11.5 Å². The molecule has 0 bridgehead atoms. The molecule has 0 saturated heterocycles. The molecule has 0 amide bonds. The molecular weight excluding hydrogens is 400 g/mol. The van der Waals surface area contributed by atoms with Gasteiger partial charge in [-0.3, -0.25) is 0 Å². The highest BCUT2D eigenvalue weighted by Gasteiger charge is 2.41. The Kier molecular flexibility index (Phi) is 4.27. The number of nitrogens with one attached hydrogen (secondary N) is 1. The van der Waals surface area contributed by atoms with Crippen LogP contribution in [0, 0.1) is 0 Å². The summed E-state index contributed by atoms with van der Waals surface area (Å²) < 4.78 is 28.2. The Morgan fingerprint density at radius 1 is 1.32 bits per heavy atom. The zero-order valence-electron chi connectivity index (χ0n) is 9.99. The smallest absolute Gasteiger partial charge is 0.243 e. The van der Waals surface area contributed by atoms with Crippen molar-refractivity contribution in [2.75, 3.05) is 12.3 Å². The zero-order chi connectivity index (χ0) is 14.3. The fourth-order valence-corrected chi connectivity index (χ4v) is 6.14. The lowest BCUT2D eigenvalue weighted by molar-refractivity contribution is 0.110. The Morgan fingerprint density at radius 2 is 1.84 bits per heavy atom. The van der Waals surface area contributed by atoms with Gasteiger partial charge in [-0.2, -0.15) is 0 Å². The van der Waals surface area contributed by atoms with E-state index in [4.69, 9.17) is 5.73 Å². The van der Waals surface area contributed by atoms with Crippen LogP contribution in [0.3, 0.4) is 0 Å². The van der Waals surface area contributed by atoms with Crippen LogP contribution in [0.1, 0.15) is 19.3 Å². The van der Waals surface area contributed by atoms with Gasteiger partial charge in [0.15, 0.2) is 0 Å². The second-order valence-corrected chi connectivity index (χ2v) is 8.04.